The van der Waals surface area contributed by atoms with Crippen molar-refractivity contribution in [2.45, 2.75) is 19.4 Å². The number of rotatable bonds is 5. The van der Waals surface area contributed by atoms with E-state index in [1.54, 1.807) is 30.3 Å². The molecule has 0 fully saturated rings. The van der Waals surface area contributed by atoms with Crippen molar-refractivity contribution in [2.24, 2.45) is 0 Å². The third kappa shape index (κ3) is 3.32. The van der Waals surface area contributed by atoms with Crippen molar-refractivity contribution in [3.8, 4) is 11.1 Å². The Morgan fingerprint density at radius 3 is 2.31 bits per heavy atom. The molecular weight excluding hydrogens is 336 g/mol. The Kier molecular flexibility index (Phi) is 4.53. The number of hydrogen-bond acceptors (Lipinski definition) is 4. The molecular formula is C19H16N2O5. The zero-order valence-corrected chi connectivity index (χ0v) is 13.9. The lowest BCUT2D eigenvalue weighted by atomic mass is 10.1. The number of amides is 2. The summed E-state index contributed by atoms with van der Waals surface area (Å²) in [7, 11) is 0. The number of carbonyl (C=O) groups excluding carboxylic acids is 3. The minimum Gasteiger partial charge on any atom is -0.480 e. The maximum absolute atomic E-state index is 12.5. The number of benzene rings is 2. The molecule has 1 aliphatic rings. The average molecular weight is 352 g/mol. The first-order valence-electron chi connectivity index (χ1n) is 7.94. The van der Waals surface area contributed by atoms with E-state index in [0.717, 1.165) is 11.1 Å². The van der Waals surface area contributed by atoms with Crippen molar-refractivity contribution < 1.29 is 24.3 Å². The molecule has 0 saturated heterocycles. The molecule has 2 aromatic carbocycles. The van der Waals surface area contributed by atoms with E-state index in [1.807, 2.05) is 12.1 Å². The second kappa shape index (κ2) is 6.79. The van der Waals surface area contributed by atoms with Crippen LogP contribution in [0.2, 0.25) is 0 Å². The van der Waals surface area contributed by atoms with E-state index in [9.17, 15) is 19.2 Å². The smallest absolute Gasteiger partial charge is 0.326 e. The molecule has 0 aliphatic heterocycles. The van der Waals surface area contributed by atoms with Crippen LogP contribution in [0.3, 0.4) is 0 Å². The van der Waals surface area contributed by atoms with E-state index in [0.29, 0.717) is 16.8 Å². The van der Waals surface area contributed by atoms with Gasteiger partial charge in [0.1, 0.15) is 6.04 Å². The molecule has 0 radical (unpaired) electrons. The highest BCUT2D eigenvalue weighted by Crippen LogP contribution is 2.37. The molecule has 0 saturated carbocycles. The Balaban J connectivity index is 1.76. The second-order valence-electron chi connectivity index (χ2n) is 5.98. The van der Waals surface area contributed by atoms with E-state index >= 15 is 0 Å². The molecule has 0 bridgehead atoms. The summed E-state index contributed by atoms with van der Waals surface area (Å²) in [6.45, 7) is 1.18. The third-order valence-electron chi connectivity index (χ3n) is 4.07. The maximum Gasteiger partial charge on any atom is 0.326 e. The van der Waals surface area contributed by atoms with Crippen LogP contribution in [0.1, 0.15) is 29.3 Å². The van der Waals surface area contributed by atoms with Gasteiger partial charge in [-0.15, -0.1) is 0 Å². The number of nitrogens with one attached hydrogen (secondary N) is 2. The van der Waals surface area contributed by atoms with Gasteiger partial charge in [-0.1, -0.05) is 30.3 Å². The summed E-state index contributed by atoms with van der Waals surface area (Å²) in [4.78, 5) is 46.7. The molecule has 132 valence electrons. The van der Waals surface area contributed by atoms with Crippen molar-refractivity contribution in [2.75, 3.05) is 5.32 Å². The zero-order chi connectivity index (χ0) is 18.8. The molecule has 1 aliphatic carbocycles. The second-order valence-corrected chi connectivity index (χ2v) is 5.98. The Labute approximate surface area is 149 Å². The normalized spacial score (nSPS) is 12.7. The highest BCUT2D eigenvalue weighted by atomic mass is 16.4. The summed E-state index contributed by atoms with van der Waals surface area (Å²) in [6, 6.07) is 10.9. The van der Waals surface area contributed by atoms with Crippen LogP contribution in [-0.2, 0) is 14.4 Å². The molecule has 0 aromatic heterocycles. The van der Waals surface area contributed by atoms with E-state index in [4.69, 9.17) is 5.11 Å². The average Bonchev–Trinajstić information content (AvgIpc) is 2.87. The minimum atomic E-state index is -1.31. The summed E-state index contributed by atoms with van der Waals surface area (Å²) in [5.74, 6) is -2.52. The topological polar surface area (TPSA) is 113 Å². The van der Waals surface area contributed by atoms with E-state index < -0.39 is 30.2 Å². The van der Waals surface area contributed by atoms with Gasteiger partial charge >= 0.3 is 5.97 Å². The molecule has 0 unspecified atom stereocenters. The van der Waals surface area contributed by atoms with Gasteiger partial charge in [0.05, 0.1) is 6.42 Å². The SMILES string of the molecule is CC(=O)N[C@H](CC(=O)Nc1ccc2c(c1)C(=O)c1ccccc1-2)C(=O)O. The first-order valence-corrected chi connectivity index (χ1v) is 7.94. The fourth-order valence-corrected chi connectivity index (χ4v) is 2.95. The summed E-state index contributed by atoms with van der Waals surface area (Å²) in [5.41, 5.74) is 3.14. The van der Waals surface area contributed by atoms with Crippen LogP contribution in [0, 0.1) is 0 Å². The van der Waals surface area contributed by atoms with Gasteiger partial charge in [0.15, 0.2) is 5.78 Å². The third-order valence-corrected chi connectivity index (χ3v) is 4.07. The van der Waals surface area contributed by atoms with Gasteiger partial charge in [0.2, 0.25) is 11.8 Å². The standard InChI is InChI=1S/C19H16N2O5/c1-10(22)20-16(19(25)26)9-17(23)21-11-6-7-13-12-4-2-3-5-14(12)18(24)15(13)8-11/h2-8,16H,9H2,1H3,(H,20,22)(H,21,23)(H,25,26)/t16-/m1/s1. The van der Waals surface area contributed by atoms with Gasteiger partial charge in [-0.3, -0.25) is 14.4 Å². The molecule has 0 heterocycles. The molecule has 1 atom stereocenters. The van der Waals surface area contributed by atoms with Crippen molar-refractivity contribution in [3.05, 3.63) is 53.6 Å². The van der Waals surface area contributed by atoms with E-state index in [1.165, 1.54) is 6.92 Å². The van der Waals surface area contributed by atoms with Crippen LogP contribution in [0.5, 0.6) is 0 Å². The van der Waals surface area contributed by atoms with Gasteiger partial charge in [0, 0.05) is 23.7 Å². The lowest BCUT2D eigenvalue weighted by Gasteiger charge is -2.13. The summed E-state index contributed by atoms with van der Waals surface area (Å²) < 4.78 is 0. The van der Waals surface area contributed by atoms with Crippen LogP contribution in [0.4, 0.5) is 5.69 Å². The van der Waals surface area contributed by atoms with Crippen molar-refractivity contribution in [3.63, 3.8) is 0 Å². The van der Waals surface area contributed by atoms with E-state index in [2.05, 4.69) is 10.6 Å². The molecule has 3 rings (SSSR count). The fraction of sp³-hybridized carbons (Fsp3) is 0.158. The minimum absolute atomic E-state index is 0.117. The van der Waals surface area contributed by atoms with Crippen molar-refractivity contribution >= 4 is 29.3 Å². The molecule has 2 amide bonds. The maximum atomic E-state index is 12.5. The van der Waals surface area contributed by atoms with Crippen LogP contribution in [0.25, 0.3) is 11.1 Å². The number of hydrogen-bond donors (Lipinski definition) is 3. The Bertz CT molecular complexity index is 935. The number of anilines is 1. The number of carboxylic acid groups (broad SMARTS) is 1. The quantitative estimate of drug-likeness (QED) is 0.648. The Morgan fingerprint density at radius 2 is 1.65 bits per heavy atom. The number of aliphatic carboxylic acids is 1. The lowest BCUT2D eigenvalue weighted by molar-refractivity contribution is -0.142. The van der Waals surface area contributed by atoms with Crippen LogP contribution in [-0.4, -0.2) is 34.7 Å². The van der Waals surface area contributed by atoms with Crippen LogP contribution >= 0.6 is 0 Å². The zero-order valence-electron chi connectivity index (χ0n) is 13.9. The summed E-state index contributed by atoms with van der Waals surface area (Å²) in [5, 5.41) is 13.8. The number of carbonyl (C=O) groups is 4. The van der Waals surface area contributed by atoms with Crippen LogP contribution < -0.4 is 10.6 Å². The fourth-order valence-electron chi connectivity index (χ4n) is 2.95. The molecule has 7 nitrogen and oxygen atoms in total. The molecule has 7 heteroatoms. The highest BCUT2D eigenvalue weighted by molar-refractivity contribution is 6.22. The molecule has 2 aromatic rings. The van der Waals surface area contributed by atoms with Gasteiger partial charge < -0.3 is 15.7 Å². The van der Waals surface area contributed by atoms with Gasteiger partial charge in [-0.2, -0.15) is 0 Å². The first-order chi connectivity index (χ1) is 12.4. The van der Waals surface area contributed by atoms with E-state index in [-0.39, 0.29) is 5.78 Å². The van der Waals surface area contributed by atoms with Gasteiger partial charge in [0.25, 0.3) is 0 Å². The number of ketones is 1. The molecule has 26 heavy (non-hydrogen) atoms. The first kappa shape index (κ1) is 17.3. The monoisotopic (exact) mass is 352 g/mol. The lowest BCUT2D eigenvalue weighted by Crippen LogP contribution is -2.42. The largest absolute Gasteiger partial charge is 0.480 e. The predicted octanol–water partition coefficient (Wildman–Crippen LogP) is 1.82. The number of carboxylic acids is 1. The summed E-state index contributed by atoms with van der Waals surface area (Å²) in [6.07, 6.45) is -0.416. The molecule has 0 spiro atoms. The van der Waals surface area contributed by atoms with Crippen LogP contribution in [0.15, 0.2) is 42.5 Å². The van der Waals surface area contributed by atoms with Gasteiger partial charge in [-0.25, -0.2) is 4.79 Å². The molecule has 3 N–H and O–H groups in total. The number of fused-ring (bicyclic) bond motifs is 3. The van der Waals surface area contributed by atoms with Gasteiger partial charge in [-0.05, 0) is 23.3 Å². The van der Waals surface area contributed by atoms with Crippen molar-refractivity contribution in [1.82, 2.24) is 5.32 Å². The van der Waals surface area contributed by atoms with Crippen molar-refractivity contribution in [1.29, 1.82) is 0 Å². The predicted molar refractivity (Wildman–Crippen MR) is 93.8 cm³/mol. The Morgan fingerprint density at radius 1 is 1.00 bits per heavy atom. The summed E-state index contributed by atoms with van der Waals surface area (Å²) >= 11 is 0. The highest BCUT2D eigenvalue weighted by Gasteiger charge is 2.27. The Hall–Kier alpha value is -3.48.